The van der Waals surface area contributed by atoms with Crippen LogP contribution in [-0.2, 0) is 4.79 Å². The highest BCUT2D eigenvalue weighted by atomic mass is 32.2. The van der Waals surface area contributed by atoms with Crippen molar-refractivity contribution in [2.45, 2.75) is 5.16 Å². The summed E-state index contributed by atoms with van der Waals surface area (Å²) in [4.78, 5) is 12.2. The molecule has 0 unspecified atom stereocenters. The number of thioether (sulfide) groups is 1. The van der Waals surface area contributed by atoms with Gasteiger partial charge in [-0.1, -0.05) is 23.9 Å². The summed E-state index contributed by atoms with van der Waals surface area (Å²) in [6.07, 6.45) is 0. The Morgan fingerprint density at radius 2 is 1.85 bits per heavy atom. The largest absolute Gasteiger partial charge is 0.497 e. The van der Waals surface area contributed by atoms with E-state index in [4.69, 9.17) is 15.3 Å². The first kappa shape index (κ1) is 18.6. The molecule has 0 aliphatic heterocycles. The van der Waals surface area contributed by atoms with E-state index in [0.29, 0.717) is 22.4 Å². The van der Waals surface area contributed by atoms with Crippen molar-refractivity contribution in [3.63, 3.8) is 0 Å². The summed E-state index contributed by atoms with van der Waals surface area (Å²) in [5.41, 5.74) is 1.41. The lowest BCUT2D eigenvalue weighted by Gasteiger charge is -2.09. The third-order valence-corrected chi connectivity index (χ3v) is 4.67. The molecule has 0 radical (unpaired) electrons. The van der Waals surface area contributed by atoms with Crippen LogP contribution in [0.1, 0.15) is 0 Å². The lowest BCUT2D eigenvalue weighted by molar-refractivity contribution is -0.113. The standard InChI is InChI=1S/C18H19N5O3S/c1-25-13-9-7-12(8-10-13)17-21-22-18(23(17)19)27-11-16(24)20-14-5-3-4-6-15(14)26-2/h3-10H,11,19H2,1-2H3,(H,20,24). The normalized spacial score (nSPS) is 10.4. The van der Waals surface area contributed by atoms with Crippen molar-refractivity contribution in [2.75, 3.05) is 31.1 Å². The van der Waals surface area contributed by atoms with Crippen LogP contribution in [0, 0.1) is 0 Å². The van der Waals surface area contributed by atoms with Crippen molar-refractivity contribution >= 4 is 23.4 Å². The molecule has 27 heavy (non-hydrogen) atoms. The number of carbonyl (C=O) groups excluding carboxylic acids is 1. The molecule has 3 N–H and O–H groups in total. The van der Waals surface area contributed by atoms with Crippen LogP contribution >= 0.6 is 11.8 Å². The van der Waals surface area contributed by atoms with E-state index in [1.807, 2.05) is 36.4 Å². The maximum absolute atomic E-state index is 12.2. The fourth-order valence-corrected chi connectivity index (χ4v) is 3.03. The zero-order chi connectivity index (χ0) is 19.2. The number of amides is 1. The van der Waals surface area contributed by atoms with Gasteiger partial charge in [0, 0.05) is 5.56 Å². The molecule has 0 aliphatic rings. The number of hydrogen-bond acceptors (Lipinski definition) is 7. The lowest BCUT2D eigenvalue weighted by atomic mass is 10.2. The van der Waals surface area contributed by atoms with Crippen molar-refractivity contribution in [3.8, 4) is 22.9 Å². The molecule has 0 aliphatic carbocycles. The van der Waals surface area contributed by atoms with E-state index >= 15 is 0 Å². The number of nitrogens with zero attached hydrogens (tertiary/aromatic N) is 3. The molecule has 0 fully saturated rings. The fraction of sp³-hybridized carbons (Fsp3) is 0.167. The number of anilines is 1. The molecule has 1 aromatic heterocycles. The van der Waals surface area contributed by atoms with Crippen molar-refractivity contribution in [3.05, 3.63) is 48.5 Å². The van der Waals surface area contributed by atoms with Gasteiger partial charge in [0.1, 0.15) is 11.5 Å². The molecule has 1 amide bonds. The minimum atomic E-state index is -0.196. The summed E-state index contributed by atoms with van der Waals surface area (Å²) in [6.45, 7) is 0. The second kappa shape index (κ2) is 8.45. The minimum absolute atomic E-state index is 0.135. The lowest BCUT2D eigenvalue weighted by Crippen LogP contribution is -2.16. The van der Waals surface area contributed by atoms with Crippen molar-refractivity contribution < 1.29 is 14.3 Å². The van der Waals surface area contributed by atoms with E-state index < -0.39 is 0 Å². The molecule has 1 heterocycles. The average molecular weight is 385 g/mol. The van der Waals surface area contributed by atoms with E-state index in [2.05, 4.69) is 15.5 Å². The maximum atomic E-state index is 12.2. The molecule has 0 bridgehead atoms. The number of hydrogen-bond donors (Lipinski definition) is 2. The van der Waals surface area contributed by atoms with E-state index in [-0.39, 0.29) is 11.7 Å². The fourth-order valence-electron chi connectivity index (χ4n) is 2.38. The number of nitrogens with two attached hydrogens (primary N) is 1. The van der Waals surface area contributed by atoms with Gasteiger partial charge in [-0.05, 0) is 36.4 Å². The van der Waals surface area contributed by atoms with Gasteiger partial charge in [0.25, 0.3) is 0 Å². The first-order valence-electron chi connectivity index (χ1n) is 8.03. The van der Waals surface area contributed by atoms with Crippen LogP contribution in [0.4, 0.5) is 5.69 Å². The van der Waals surface area contributed by atoms with Gasteiger partial charge in [-0.2, -0.15) is 0 Å². The molecule has 0 spiro atoms. The Morgan fingerprint density at radius 3 is 2.56 bits per heavy atom. The quantitative estimate of drug-likeness (QED) is 0.475. The van der Waals surface area contributed by atoms with Crippen LogP contribution in [-0.4, -0.2) is 40.8 Å². The third kappa shape index (κ3) is 4.32. The Kier molecular flexibility index (Phi) is 5.82. The number of carbonyl (C=O) groups is 1. The Balaban J connectivity index is 1.64. The van der Waals surface area contributed by atoms with Gasteiger partial charge in [-0.25, -0.2) is 4.68 Å². The van der Waals surface area contributed by atoms with Crippen molar-refractivity contribution in [2.24, 2.45) is 0 Å². The zero-order valence-corrected chi connectivity index (χ0v) is 15.7. The Bertz CT molecular complexity index is 927. The van der Waals surface area contributed by atoms with E-state index in [9.17, 15) is 4.79 Å². The maximum Gasteiger partial charge on any atom is 0.234 e. The molecular weight excluding hydrogens is 366 g/mol. The molecule has 140 valence electrons. The second-order valence-corrected chi connectivity index (χ2v) is 6.38. The van der Waals surface area contributed by atoms with Crippen LogP contribution in [0.15, 0.2) is 53.7 Å². The van der Waals surface area contributed by atoms with E-state index in [1.54, 1.807) is 26.4 Å². The van der Waals surface area contributed by atoms with Crippen LogP contribution < -0.4 is 20.6 Å². The first-order chi connectivity index (χ1) is 13.1. The molecule has 0 atom stereocenters. The summed E-state index contributed by atoms with van der Waals surface area (Å²) in [6, 6.07) is 14.5. The van der Waals surface area contributed by atoms with Gasteiger partial charge in [0.05, 0.1) is 25.7 Å². The highest BCUT2D eigenvalue weighted by Gasteiger charge is 2.14. The predicted octanol–water partition coefficient (Wildman–Crippen LogP) is 2.41. The Hall–Kier alpha value is -3.20. The van der Waals surface area contributed by atoms with Gasteiger partial charge in [-0.15, -0.1) is 10.2 Å². The van der Waals surface area contributed by atoms with Crippen molar-refractivity contribution in [1.29, 1.82) is 0 Å². The Labute approximate surface area is 160 Å². The minimum Gasteiger partial charge on any atom is -0.497 e. The monoisotopic (exact) mass is 385 g/mol. The third-order valence-electron chi connectivity index (χ3n) is 3.73. The predicted molar refractivity (Wildman–Crippen MR) is 105 cm³/mol. The summed E-state index contributed by atoms with van der Waals surface area (Å²) in [7, 11) is 3.16. The number of para-hydroxylation sites is 2. The Morgan fingerprint density at radius 1 is 1.11 bits per heavy atom. The average Bonchev–Trinajstić information content (AvgIpc) is 3.07. The number of nitrogen functional groups attached to an aromatic ring is 1. The summed E-state index contributed by atoms with van der Waals surface area (Å²) < 4.78 is 11.7. The first-order valence-corrected chi connectivity index (χ1v) is 9.01. The summed E-state index contributed by atoms with van der Waals surface area (Å²) in [5, 5.41) is 11.4. The van der Waals surface area contributed by atoms with Gasteiger partial charge >= 0.3 is 0 Å². The number of rotatable bonds is 7. The van der Waals surface area contributed by atoms with Gasteiger partial charge in [0.2, 0.25) is 11.1 Å². The number of aromatic nitrogens is 3. The van der Waals surface area contributed by atoms with Crippen molar-refractivity contribution in [1.82, 2.24) is 14.9 Å². The molecule has 3 rings (SSSR count). The zero-order valence-electron chi connectivity index (χ0n) is 14.9. The molecule has 0 saturated heterocycles. The van der Waals surface area contributed by atoms with Gasteiger partial charge in [-0.3, -0.25) is 4.79 Å². The smallest absolute Gasteiger partial charge is 0.234 e. The summed E-state index contributed by atoms with van der Waals surface area (Å²) >= 11 is 1.20. The van der Waals surface area contributed by atoms with Gasteiger partial charge < -0.3 is 20.6 Å². The topological polar surface area (TPSA) is 104 Å². The van der Waals surface area contributed by atoms with Crippen LogP contribution in [0.25, 0.3) is 11.4 Å². The van der Waals surface area contributed by atoms with Crippen LogP contribution in [0.3, 0.4) is 0 Å². The molecule has 0 saturated carbocycles. The SMILES string of the molecule is COc1ccc(-c2nnc(SCC(=O)Nc3ccccc3OC)n2N)cc1. The van der Waals surface area contributed by atoms with Crippen LogP contribution in [0.2, 0.25) is 0 Å². The summed E-state index contributed by atoms with van der Waals surface area (Å²) in [5.74, 6) is 7.86. The van der Waals surface area contributed by atoms with E-state index in [0.717, 1.165) is 11.3 Å². The van der Waals surface area contributed by atoms with Gasteiger partial charge in [0.15, 0.2) is 5.82 Å². The second-order valence-electron chi connectivity index (χ2n) is 5.44. The molecule has 9 heteroatoms. The van der Waals surface area contributed by atoms with E-state index in [1.165, 1.54) is 16.4 Å². The molecule has 8 nitrogen and oxygen atoms in total. The highest BCUT2D eigenvalue weighted by molar-refractivity contribution is 7.99. The number of benzene rings is 2. The highest BCUT2D eigenvalue weighted by Crippen LogP contribution is 2.25. The molecular formula is C18H19N5O3S. The molecule has 2 aromatic carbocycles. The number of ether oxygens (including phenoxy) is 2. The van der Waals surface area contributed by atoms with Crippen LogP contribution in [0.5, 0.6) is 11.5 Å². The molecule has 3 aromatic rings. The number of methoxy groups -OCH3 is 2. The number of nitrogens with one attached hydrogen (secondary N) is 1.